The highest BCUT2D eigenvalue weighted by molar-refractivity contribution is 7.89. The van der Waals surface area contributed by atoms with Crippen LogP contribution in [0.25, 0.3) is 0 Å². The predicted molar refractivity (Wildman–Crippen MR) is 74.3 cm³/mol. The highest BCUT2D eigenvalue weighted by atomic mass is 32.2. The molecule has 1 aromatic heterocycles. The van der Waals surface area contributed by atoms with E-state index in [9.17, 15) is 8.42 Å². The van der Waals surface area contributed by atoms with Crippen molar-refractivity contribution in [3.63, 3.8) is 0 Å². The van der Waals surface area contributed by atoms with Crippen molar-refractivity contribution in [1.29, 1.82) is 0 Å². The second-order valence-electron chi connectivity index (χ2n) is 5.47. The molecule has 0 atom stereocenters. The Bertz CT molecular complexity index is 532. The second kappa shape index (κ2) is 5.62. The summed E-state index contributed by atoms with van der Waals surface area (Å²) in [5.74, 6) is 0. The number of aliphatic hydroxyl groups is 1. The predicted octanol–water partition coefficient (Wildman–Crippen LogP) is 0.136. The molecule has 7 heteroatoms. The monoisotopic (exact) mass is 289 g/mol. The van der Waals surface area contributed by atoms with Gasteiger partial charge < -0.3 is 14.6 Å². The van der Waals surface area contributed by atoms with E-state index < -0.39 is 10.0 Å². The topological polar surface area (TPSA) is 74.6 Å². The van der Waals surface area contributed by atoms with E-state index in [0.717, 1.165) is 0 Å². The highest BCUT2D eigenvalue weighted by Gasteiger charge is 2.25. The van der Waals surface area contributed by atoms with Gasteiger partial charge in [-0.25, -0.2) is 13.1 Å². The fourth-order valence-corrected chi connectivity index (χ4v) is 2.69. The molecule has 0 amide bonds. The van der Waals surface area contributed by atoms with Crippen LogP contribution in [0.5, 0.6) is 0 Å². The maximum absolute atomic E-state index is 12.2. The van der Waals surface area contributed by atoms with Crippen molar-refractivity contribution in [3.8, 4) is 0 Å². The highest BCUT2D eigenvalue weighted by Crippen LogP contribution is 2.15. The standard InChI is InChI=1S/C12H23N3O3S/c1-12(2,14(3)4)9-13-19(17,18)11-6-10(8-16)15(5)7-11/h6-7,13,16H,8-9H2,1-5H3. The fourth-order valence-electron chi connectivity index (χ4n) is 1.39. The van der Waals surface area contributed by atoms with Crippen molar-refractivity contribution in [1.82, 2.24) is 14.2 Å². The number of aliphatic hydroxyl groups excluding tert-OH is 1. The van der Waals surface area contributed by atoms with Crippen LogP contribution >= 0.6 is 0 Å². The lowest BCUT2D eigenvalue weighted by Gasteiger charge is -2.32. The molecule has 0 fully saturated rings. The Balaban J connectivity index is 2.87. The number of nitrogens with zero attached hydrogens (tertiary/aromatic N) is 2. The molecular formula is C12H23N3O3S. The molecule has 6 nitrogen and oxygen atoms in total. The molecule has 110 valence electrons. The summed E-state index contributed by atoms with van der Waals surface area (Å²) in [7, 11) is 1.96. The fraction of sp³-hybridized carbons (Fsp3) is 0.667. The summed E-state index contributed by atoms with van der Waals surface area (Å²) in [5, 5.41) is 9.09. The van der Waals surface area contributed by atoms with Crippen LogP contribution < -0.4 is 4.72 Å². The van der Waals surface area contributed by atoms with E-state index in [1.807, 2.05) is 32.8 Å². The van der Waals surface area contributed by atoms with E-state index in [4.69, 9.17) is 5.11 Å². The molecule has 1 aromatic rings. The van der Waals surface area contributed by atoms with Gasteiger partial charge in [-0.1, -0.05) is 0 Å². The van der Waals surface area contributed by atoms with Crippen molar-refractivity contribution in [2.75, 3.05) is 20.6 Å². The Morgan fingerprint density at radius 1 is 1.42 bits per heavy atom. The van der Waals surface area contributed by atoms with Crippen molar-refractivity contribution >= 4 is 10.0 Å². The minimum absolute atomic E-state index is 0.175. The molecule has 0 aromatic carbocycles. The molecule has 0 aliphatic heterocycles. The molecule has 0 radical (unpaired) electrons. The largest absolute Gasteiger partial charge is 0.390 e. The van der Waals surface area contributed by atoms with Gasteiger partial charge in [-0.15, -0.1) is 0 Å². The molecular weight excluding hydrogens is 266 g/mol. The lowest BCUT2D eigenvalue weighted by atomic mass is 10.1. The maximum Gasteiger partial charge on any atom is 0.242 e. The molecule has 19 heavy (non-hydrogen) atoms. The third-order valence-corrected chi connectivity index (χ3v) is 4.83. The van der Waals surface area contributed by atoms with Crippen LogP contribution in [0.4, 0.5) is 0 Å². The summed E-state index contributed by atoms with van der Waals surface area (Å²) < 4.78 is 28.5. The Morgan fingerprint density at radius 2 is 2.00 bits per heavy atom. The SMILES string of the molecule is CN(C)C(C)(C)CNS(=O)(=O)c1cc(CO)n(C)c1. The van der Waals surface area contributed by atoms with Crippen LogP contribution in [-0.2, 0) is 23.7 Å². The minimum atomic E-state index is -3.55. The van der Waals surface area contributed by atoms with E-state index in [-0.39, 0.29) is 17.0 Å². The normalized spacial score (nSPS) is 13.2. The summed E-state index contributed by atoms with van der Waals surface area (Å²) in [6, 6.07) is 1.48. The van der Waals surface area contributed by atoms with Crippen LogP contribution in [0.15, 0.2) is 17.2 Å². The van der Waals surface area contributed by atoms with Gasteiger partial charge in [0, 0.05) is 31.0 Å². The van der Waals surface area contributed by atoms with Gasteiger partial charge in [-0.2, -0.15) is 0 Å². The lowest BCUT2D eigenvalue weighted by molar-refractivity contribution is 0.199. The van der Waals surface area contributed by atoms with E-state index in [2.05, 4.69) is 4.72 Å². The van der Waals surface area contributed by atoms with Crippen molar-refractivity contribution in [3.05, 3.63) is 18.0 Å². The molecule has 0 bridgehead atoms. The van der Waals surface area contributed by atoms with Crippen LogP contribution in [0.2, 0.25) is 0 Å². The van der Waals surface area contributed by atoms with Gasteiger partial charge in [0.05, 0.1) is 11.5 Å². The quantitative estimate of drug-likeness (QED) is 0.781. The van der Waals surface area contributed by atoms with E-state index >= 15 is 0 Å². The van der Waals surface area contributed by atoms with Gasteiger partial charge in [-0.3, -0.25) is 0 Å². The molecule has 0 unspecified atom stereocenters. The van der Waals surface area contributed by atoms with E-state index in [1.165, 1.54) is 12.3 Å². The van der Waals surface area contributed by atoms with E-state index in [0.29, 0.717) is 12.2 Å². The molecule has 0 aliphatic carbocycles. The molecule has 0 saturated heterocycles. The number of aryl methyl sites for hydroxylation is 1. The van der Waals surface area contributed by atoms with Gasteiger partial charge >= 0.3 is 0 Å². The first-order valence-corrected chi connectivity index (χ1v) is 7.51. The number of nitrogens with one attached hydrogen (secondary N) is 1. The first-order valence-electron chi connectivity index (χ1n) is 6.03. The average Bonchev–Trinajstić information content (AvgIpc) is 2.69. The Morgan fingerprint density at radius 3 is 2.42 bits per heavy atom. The maximum atomic E-state index is 12.2. The summed E-state index contributed by atoms with van der Waals surface area (Å²) in [5.41, 5.74) is 0.286. The third-order valence-electron chi connectivity index (χ3n) is 3.46. The number of aromatic nitrogens is 1. The summed E-state index contributed by atoms with van der Waals surface area (Å²) in [6.45, 7) is 4.04. The van der Waals surface area contributed by atoms with Gasteiger partial charge in [0.1, 0.15) is 0 Å². The number of sulfonamides is 1. The van der Waals surface area contributed by atoms with Gasteiger partial charge in [-0.05, 0) is 34.0 Å². The Kier molecular flexibility index (Phi) is 4.78. The van der Waals surface area contributed by atoms with E-state index in [1.54, 1.807) is 11.6 Å². The lowest BCUT2D eigenvalue weighted by Crippen LogP contribution is -2.48. The molecule has 0 saturated carbocycles. The van der Waals surface area contributed by atoms with Crippen LogP contribution in [0.1, 0.15) is 19.5 Å². The van der Waals surface area contributed by atoms with Crippen LogP contribution in [-0.4, -0.2) is 49.2 Å². The Hall–Kier alpha value is -0.890. The number of likely N-dealkylation sites (N-methyl/N-ethyl adjacent to an activating group) is 1. The van der Waals surface area contributed by atoms with Gasteiger partial charge in [0.25, 0.3) is 0 Å². The number of hydrogen-bond donors (Lipinski definition) is 2. The van der Waals surface area contributed by atoms with Gasteiger partial charge in [0.2, 0.25) is 10.0 Å². The van der Waals surface area contributed by atoms with Crippen molar-refractivity contribution in [2.24, 2.45) is 7.05 Å². The zero-order valence-electron chi connectivity index (χ0n) is 12.1. The van der Waals surface area contributed by atoms with Crippen molar-refractivity contribution < 1.29 is 13.5 Å². The molecule has 0 aliphatic rings. The summed E-state index contributed by atoms with van der Waals surface area (Å²) in [6.07, 6.45) is 1.50. The molecule has 2 N–H and O–H groups in total. The Labute approximate surface area is 115 Å². The first-order chi connectivity index (χ1) is 8.60. The first kappa shape index (κ1) is 16.2. The van der Waals surface area contributed by atoms with Crippen LogP contribution in [0.3, 0.4) is 0 Å². The second-order valence-corrected chi connectivity index (χ2v) is 7.23. The van der Waals surface area contributed by atoms with Crippen molar-refractivity contribution in [2.45, 2.75) is 30.9 Å². The van der Waals surface area contributed by atoms with Crippen LogP contribution in [0, 0.1) is 0 Å². The minimum Gasteiger partial charge on any atom is -0.390 e. The number of hydrogen-bond acceptors (Lipinski definition) is 4. The molecule has 1 heterocycles. The number of rotatable bonds is 6. The third kappa shape index (κ3) is 3.79. The zero-order valence-corrected chi connectivity index (χ0v) is 13.0. The molecule has 0 spiro atoms. The summed E-state index contributed by atoms with van der Waals surface area (Å²) in [4.78, 5) is 2.13. The smallest absolute Gasteiger partial charge is 0.242 e. The summed E-state index contributed by atoms with van der Waals surface area (Å²) >= 11 is 0. The zero-order chi connectivity index (χ0) is 14.8. The average molecular weight is 289 g/mol. The molecule has 1 rings (SSSR count). The van der Waals surface area contributed by atoms with Gasteiger partial charge in [0.15, 0.2) is 0 Å².